The normalized spacial score (nSPS) is 10.8. The number of aliphatic hydroxyl groups is 1. The molecule has 0 amide bonds. The molecule has 0 spiro atoms. The Kier molecular flexibility index (Phi) is 1.83. The summed E-state index contributed by atoms with van der Waals surface area (Å²) in [6.45, 7) is 1.97. The zero-order valence-corrected chi connectivity index (χ0v) is 7.56. The van der Waals surface area contributed by atoms with Crippen LogP contribution in [-0.2, 0) is 6.61 Å². The van der Waals surface area contributed by atoms with Gasteiger partial charge in [-0.05, 0) is 29.8 Å². The topological polar surface area (TPSA) is 33.1 Å². The van der Waals surface area contributed by atoms with Crippen molar-refractivity contribution in [1.82, 2.24) is 4.98 Å². The van der Waals surface area contributed by atoms with Crippen molar-refractivity contribution < 1.29 is 5.11 Å². The van der Waals surface area contributed by atoms with E-state index in [1.165, 1.54) is 5.39 Å². The fourth-order valence-electron chi connectivity index (χ4n) is 1.30. The first-order valence-electron chi connectivity index (χ1n) is 3.76. The van der Waals surface area contributed by atoms with Crippen LogP contribution in [0.4, 0.5) is 0 Å². The van der Waals surface area contributed by atoms with Crippen molar-refractivity contribution in [1.29, 1.82) is 0 Å². The summed E-state index contributed by atoms with van der Waals surface area (Å²) in [6.07, 6.45) is 0. The maximum Gasteiger partial charge on any atom is 0.0867 e. The van der Waals surface area contributed by atoms with Crippen molar-refractivity contribution in [3.8, 4) is 0 Å². The summed E-state index contributed by atoms with van der Waals surface area (Å²) in [5.41, 5.74) is 1.75. The van der Waals surface area contributed by atoms with E-state index in [1.807, 2.05) is 24.4 Å². The highest BCUT2D eigenvalue weighted by molar-refractivity contribution is 7.17. The van der Waals surface area contributed by atoms with Crippen LogP contribution in [0, 0.1) is 6.92 Å². The number of pyridine rings is 1. The van der Waals surface area contributed by atoms with Gasteiger partial charge in [-0.3, -0.25) is 4.98 Å². The summed E-state index contributed by atoms with van der Waals surface area (Å²) >= 11 is 1.62. The minimum absolute atomic E-state index is 0.0265. The number of aliphatic hydroxyl groups excluding tert-OH is 1. The Morgan fingerprint density at radius 3 is 3.17 bits per heavy atom. The minimum Gasteiger partial charge on any atom is -0.390 e. The molecule has 3 heteroatoms. The molecule has 1 N–H and O–H groups in total. The molecule has 62 valence electrons. The highest BCUT2D eigenvalue weighted by Gasteiger charge is 2.03. The second-order valence-electron chi connectivity index (χ2n) is 2.71. The lowest BCUT2D eigenvalue weighted by Gasteiger charge is -1.99. The second kappa shape index (κ2) is 2.84. The number of fused-ring (bicyclic) bond motifs is 1. The molecule has 2 heterocycles. The lowest BCUT2D eigenvalue weighted by Crippen LogP contribution is -1.91. The van der Waals surface area contributed by atoms with E-state index in [0.29, 0.717) is 0 Å². The molecule has 0 saturated carbocycles. The van der Waals surface area contributed by atoms with Crippen LogP contribution in [-0.4, -0.2) is 10.1 Å². The maximum atomic E-state index is 9.02. The van der Waals surface area contributed by atoms with Crippen molar-refractivity contribution in [3.63, 3.8) is 0 Å². The van der Waals surface area contributed by atoms with E-state index in [2.05, 4.69) is 4.98 Å². The molecule has 0 aromatic carbocycles. The molecule has 0 atom stereocenters. The van der Waals surface area contributed by atoms with Gasteiger partial charge in [0, 0.05) is 5.69 Å². The molecule has 2 aromatic heterocycles. The zero-order chi connectivity index (χ0) is 8.55. The van der Waals surface area contributed by atoms with Crippen molar-refractivity contribution in [2.24, 2.45) is 0 Å². The molecule has 2 nitrogen and oxygen atoms in total. The van der Waals surface area contributed by atoms with Crippen LogP contribution in [0.1, 0.15) is 11.4 Å². The molecule has 0 radical (unpaired) electrons. The molecule has 2 aromatic rings. The summed E-state index contributed by atoms with van der Waals surface area (Å²) < 4.78 is 1.10. The first-order chi connectivity index (χ1) is 5.81. The van der Waals surface area contributed by atoms with Gasteiger partial charge in [0.15, 0.2) is 0 Å². The molecular formula is C9H9NOS. The van der Waals surface area contributed by atoms with Crippen LogP contribution in [0.3, 0.4) is 0 Å². The van der Waals surface area contributed by atoms with Crippen LogP contribution in [0.15, 0.2) is 17.5 Å². The lowest BCUT2D eigenvalue weighted by atomic mass is 10.2. The van der Waals surface area contributed by atoms with Crippen molar-refractivity contribution in [2.75, 3.05) is 0 Å². The Morgan fingerprint density at radius 1 is 1.58 bits per heavy atom. The van der Waals surface area contributed by atoms with Gasteiger partial charge in [-0.25, -0.2) is 0 Å². The first kappa shape index (κ1) is 7.71. The van der Waals surface area contributed by atoms with Gasteiger partial charge in [-0.2, -0.15) is 0 Å². The summed E-state index contributed by atoms with van der Waals surface area (Å²) in [5, 5.41) is 12.2. The van der Waals surface area contributed by atoms with Crippen LogP contribution in [0.2, 0.25) is 0 Å². The molecule has 0 aliphatic carbocycles. The van der Waals surface area contributed by atoms with Crippen molar-refractivity contribution in [2.45, 2.75) is 13.5 Å². The van der Waals surface area contributed by atoms with Gasteiger partial charge in [0.05, 0.1) is 17.0 Å². The maximum absolute atomic E-state index is 9.02. The van der Waals surface area contributed by atoms with Gasteiger partial charge in [-0.15, -0.1) is 11.3 Å². The number of thiophene rings is 1. The smallest absolute Gasteiger partial charge is 0.0867 e. The number of hydrogen-bond donors (Lipinski definition) is 1. The Labute approximate surface area is 74.5 Å². The number of rotatable bonds is 1. The monoisotopic (exact) mass is 179 g/mol. The highest BCUT2D eigenvalue weighted by Crippen LogP contribution is 2.24. The van der Waals surface area contributed by atoms with Crippen LogP contribution < -0.4 is 0 Å². The summed E-state index contributed by atoms with van der Waals surface area (Å²) in [5.74, 6) is 0. The molecule has 12 heavy (non-hydrogen) atoms. The van der Waals surface area contributed by atoms with Gasteiger partial charge in [-0.1, -0.05) is 0 Å². The van der Waals surface area contributed by atoms with Gasteiger partial charge >= 0.3 is 0 Å². The molecule has 2 rings (SSSR count). The third-order valence-corrected chi connectivity index (χ3v) is 2.76. The van der Waals surface area contributed by atoms with Crippen LogP contribution >= 0.6 is 11.3 Å². The summed E-state index contributed by atoms with van der Waals surface area (Å²) in [7, 11) is 0. The summed E-state index contributed by atoms with van der Waals surface area (Å²) in [4.78, 5) is 4.25. The number of hydrogen-bond acceptors (Lipinski definition) is 3. The Bertz CT molecular complexity index is 408. The van der Waals surface area contributed by atoms with E-state index in [9.17, 15) is 0 Å². The third-order valence-electron chi connectivity index (χ3n) is 1.78. The molecule has 0 fully saturated rings. The number of aryl methyl sites for hydroxylation is 1. The number of aromatic nitrogens is 1. The Hall–Kier alpha value is -0.930. The van der Waals surface area contributed by atoms with Crippen molar-refractivity contribution >= 4 is 21.4 Å². The fourth-order valence-corrected chi connectivity index (χ4v) is 2.16. The van der Waals surface area contributed by atoms with Crippen molar-refractivity contribution in [3.05, 3.63) is 28.9 Å². The number of nitrogens with zero attached hydrogens (tertiary/aromatic N) is 1. The second-order valence-corrected chi connectivity index (χ2v) is 3.62. The summed E-state index contributed by atoms with van der Waals surface area (Å²) in [6, 6.07) is 4.08. The van der Waals surface area contributed by atoms with E-state index in [1.54, 1.807) is 11.3 Å². The predicted molar refractivity (Wildman–Crippen MR) is 50.3 cm³/mol. The van der Waals surface area contributed by atoms with Gasteiger partial charge in [0.1, 0.15) is 0 Å². The predicted octanol–water partition coefficient (Wildman–Crippen LogP) is 2.10. The van der Waals surface area contributed by atoms with Crippen LogP contribution in [0.25, 0.3) is 10.1 Å². The van der Waals surface area contributed by atoms with E-state index >= 15 is 0 Å². The molecule has 0 aliphatic heterocycles. The minimum atomic E-state index is 0.0265. The quantitative estimate of drug-likeness (QED) is 0.727. The molecule has 0 bridgehead atoms. The lowest BCUT2D eigenvalue weighted by molar-refractivity contribution is 0.278. The Morgan fingerprint density at radius 2 is 2.42 bits per heavy atom. The first-order valence-corrected chi connectivity index (χ1v) is 4.64. The van der Waals surface area contributed by atoms with E-state index in [4.69, 9.17) is 5.11 Å². The fraction of sp³-hybridized carbons (Fsp3) is 0.222. The molecular weight excluding hydrogens is 170 g/mol. The average molecular weight is 179 g/mol. The molecule has 0 saturated heterocycles. The van der Waals surface area contributed by atoms with E-state index in [-0.39, 0.29) is 6.61 Å². The molecule has 0 aliphatic rings. The third kappa shape index (κ3) is 1.11. The standard InChI is InChI=1S/C9H9NOS/c1-6-4-7-2-3-12-9(7)8(5-11)10-6/h2-4,11H,5H2,1H3. The van der Waals surface area contributed by atoms with E-state index < -0.39 is 0 Å². The van der Waals surface area contributed by atoms with Gasteiger partial charge in [0.25, 0.3) is 0 Å². The van der Waals surface area contributed by atoms with E-state index in [0.717, 1.165) is 16.1 Å². The van der Waals surface area contributed by atoms with Gasteiger partial charge in [0.2, 0.25) is 0 Å². The average Bonchev–Trinajstić information content (AvgIpc) is 2.50. The largest absolute Gasteiger partial charge is 0.390 e. The van der Waals surface area contributed by atoms with Crippen LogP contribution in [0.5, 0.6) is 0 Å². The van der Waals surface area contributed by atoms with Gasteiger partial charge < -0.3 is 5.11 Å². The zero-order valence-electron chi connectivity index (χ0n) is 6.74. The highest BCUT2D eigenvalue weighted by atomic mass is 32.1. The SMILES string of the molecule is Cc1cc2ccsc2c(CO)n1. The Balaban J connectivity index is 2.80. The molecule has 0 unspecified atom stereocenters.